The molecule has 4 aromatic carbocycles. The van der Waals surface area contributed by atoms with Gasteiger partial charge in [-0.2, -0.15) is 22.9 Å². The number of benzene rings is 4. The summed E-state index contributed by atoms with van der Waals surface area (Å²) in [5, 5.41) is 0.977. The Morgan fingerprint density at radius 1 is 0.511 bits per heavy atom. The summed E-state index contributed by atoms with van der Waals surface area (Å²) in [6.45, 7) is 0. The molecule has 47 heavy (non-hydrogen) atoms. The smallest absolute Gasteiger partial charge is 0.503 e. The Morgan fingerprint density at radius 3 is 1.45 bits per heavy atom. The molecule has 4 aromatic heterocycles. The fraction of sp³-hybridized carbons (Fsp3) is 0. The average molecular weight is 883 g/mol. The second-order valence-electron chi connectivity index (χ2n) is 9.88. The zero-order valence-corrected chi connectivity index (χ0v) is 28.0. The third kappa shape index (κ3) is 6.63. The van der Waals surface area contributed by atoms with Crippen molar-refractivity contribution in [3.8, 4) is 51.5 Å². The first-order valence-corrected chi connectivity index (χ1v) is 14.1. The van der Waals surface area contributed by atoms with Crippen molar-refractivity contribution < 1.29 is 53.7 Å². The van der Waals surface area contributed by atoms with Crippen LogP contribution in [0.25, 0.3) is 50.3 Å². The number of ether oxygens (including phenoxy) is 2. The Bertz CT molecular complexity index is 2250. The monoisotopic (exact) mass is 882 g/mol. The molecule has 0 spiro atoms. The van der Waals surface area contributed by atoms with Crippen LogP contribution in [0.3, 0.4) is 0 Å². The summed E-state index contributed by atoms with van der Waals surface area (Å²) in [5.74, 6) is 1.78. The van der Waals surface area contributed by atoms with Gasteiger partial charge in [0, 0.05) is 50.5 Å². The number of pyridine rings is 2. The molecule has 0 aliphatic heterocycles. The van der Waals surface area contributed by atoms with Crippen LogP contribution in [0.2, 0.25) is 0 Å². The number of fused-ring (bicyclic) bond motifs is 3. The first-order chi connectivity index (χ1) is 23.1. The number of hydrogen-bond donors (Lipinski definition) is 0. The van der Waals surface area contributed by atoms with Gasteiger partial charge in [-0.15, -0.1) is 71.8 Å². The molecule has 7 nitrogen and oxygen atoms in total. The van der Waals surface area contributed by atoms with Gasteiger partial charge in [0.2, 0.25) is 5.95 Å². The maximum Gasteiger partial charge on any atom is 2.00 e. The largest absolute Gasteiger partial charge is 2.00 e. The SMILES string of the molecule is [2H]c1cc(Oc2[c-]c(-c3ccccn3)ccc2)[c-]c2c1c1c([2H])cc(Oc3[c-]c(-c4ccccn4)ccc3)[c-]c1n2-c1ncccn1.[Pd+2].[Pt+2]. The maximum absolute atomic E-state index is 9.03. The number of hydrogen-bond acceptors (Lipinski definition) is 6. The van der Waals surface area contributed by atoms with E-state index in [2.05, 4.69) is 44.2 Å². The van der Waals surface area contributed by atoms with Crippen LogP contribution in [0.4, 0.5) is 0 Å². The van der Waals surface area contributed by atoms with Crippen molar-refractivity contribution >= 4 is 21.8 Å². The molecule has 8 aromatic rings. The Hall–Kier alpha value is -4.99. The van der Waals surface area contributed by atoms with E-state index in [1.807, 2.05) is 60.7 Å². The van der Waals surface area contributed by atoms with Gasteiger partial charge in [-0.05, 0) is 29.6 Å². The molecule has 230 valence electrons. The third-order valence-corrected chi connectivity index (χ3v) is 6.96. The van der Waals surface area contributed by atoms with Crippen molar-refractivity contribution in [2.24, 2.45) is 0 Å². The predicted molar refractivity (Wildman–Crippen MR) is 171 cm³/mol. The van der Waals surface area contributed by atoms with Crippen molar-refractivity contribution in [2.45, 2.75) is 0 Å². The molecule has 0 aliphatic carbocycles. The quantitative estimate of drug-likeness (QED) is 0.118. The maximum atomic E-state index is 9.03. The molecule has 8 rings (SSSR count). The van der Waals surface area contributed by atoms with Crippen molar-refractivity contribution in [3.05, 3.63) is 152 Å². The molecule has 0 bridgehead atoms. The van der Waals surface area contributed by atoms with Gasteiger partial charge >= 0.3 is 41.5 Å². The molecule has 0 saturated carbocycles. The molecular formula is C38H21N5O2PdPt. The van der Waals surface area contributed by atoms with E-state index in [-0.39, 0.29) is 53.6 Å². The third-order valence-electron chi connectivity index (χ3n) is 6.96. The van der Waals surface area contributed by atoms with Crippen molar-refractivity contribution in [1.29, 1.82) is 0 Å². The topological polar surface area (TPSA) is 75.0 Å². The summed E-state index contributed by atoms with van der Waals surface area (Å²) in [4.78, 5) is 17.8. The van der Waals surface area contributed by atoms with Crippen LogP contribution in [-0.2, 0) is 41.5 Å². The Balaban J connectivity index is 0.00000208. The normalized spacial score (nSPS) is 11.2. The summed E-state index contributed by atoms with van der Waals surface area (Å²) in [7, 11) is 0. The van der Waals surface area contributed by atoms with Crippen LogP contribution in [0, 0.1) is 24.3 Å². The summed E-state index contributed by atoms with van der Waals surface area (Å²) in [5.41, 5.74) is 3.98. The Morgan fingerprint density at radius 2 is 0.979 bits per heavy atom. The van der Waals surface area contributed by atoms with Gasteiger partial charge < -0.3 is 24.0 Å². The molecule has 0 saturated heterocycles. The van der Waals surface area contributed by atoms with Crippen LogP contribution < -0.4 is 9.47 Å². The predicted octanol–water partition coefficient (Wildman–Crippen LogP) is 8.48. The van der Waals surface area contributed by atoms with Crippen LogP contribution in [0.15, 0.2) is 128 Å². The van der Waals surface area contributed by atoms with Crippen LogP contribution >= 0.6 is 0 Å². The van der Waals surface area contributed by atoms with Gasteiger partial charge in [0.1, 0.15) is 0 Å². The van der Waals surface area contributed by atoms with E-state index in [1.165, 1.54) is 0 Å². The molecule has 9 heteroatoms. The van der Waals surface area contributed by atoms with Gasteiger partial charge in [0.15, 0.2) is 0 Å². The zero-order valence-electron chi connectivity index (χ0n) is 26.2. The van der Waals surface area contributed by atoms with E-state index < -0.39 is 0 Å². The molecule has 0 N–H and O–H groups in total. The van der Waals surface area contributed by atoms with E-state index in [0.29, 0.717) is 50.8 Å². The standard InChI is InChI=1S/C38H21N5O2.Pd.Pt/c1-3-18-39-34(12-1)26-8-5-10-28(22-26)44-30-14-16-32-33-17-15-31(25-37(33)43(36(32)24-30)38-41-20-7-21-42-38)45-29-11-6-9-27(23-29)35-13-2-4-19-40-35;;/h1-21H;;/q-4;2*+2/i16D,17D;;. The van der Waals surface area contributed by atoms with Gasteiger partial charge in [-0.1, -0.05) is 47.4 Å². The first-order valence-electron chi connectivity index (χ1n) is 15.1. The molecule has 0 fully saturated rings. The van der Waals surface area contributed by atoms with Crippen molar-refractivity contribution in [2.75, 3.05) is 0 Å². The molecule has 0 amide bonds. The second kappa shape index (κ2) is 14.2. The molecule has 0 atom stereocenters. The summed E-state index contributed by atoms with van der Waals surface area (Å²) < 4.78 is 32.1. The van der Waals surface area contributed by atoms with E-state index >= 15 is 0 Å². The summed E-state index contributed by atoms with van der Waals surface area (Å²) in [6.07, 6.45) is 6.70. The van der Waals surface area contributed by atoms with E-state index in [4.69, 9.17) is 12.2 Å². The molecule has 0 radical (unpaired) electrons. The van der Waals surface area contributed by atoms with Crippen LogP contribution in [0.1, 0.15) is 2.74 Å². The summed E-state index contributed by atoms with van der Waals surface area (Å²) >= 11 is 0. The minimum absolute atomic E-state index is 0. The van der Waals surface area contributed by atoms with Gasteiger partial charge in [-0.3, -0.25) is 0 Å². The fourth-order valence-electron chi connectivity index (χ4n) is 4.98. The second-order valence-corrected chi connectivity index (χ2v) is 9.88. The van der Waals surface area contributed by atoms with Gasteiger partial charge in [-0.25, -0.2) is 9.97 Å². The van der Waals surface area contributed by atoms with Crippen LogP contribution in [-0.4, -0.2) is 24.5 Å². The molecule has 4 heterocycles. The Labute approximate surface area is 302 Å². The number of rotatable bonds is 7. The van der Waals surface area contributed by atoms with E-state index in [9.17, 15) is 0 Å². The van der Waals surface area contributed by atoms with Crippen molar-refractivity contribution in [1.82, 2.24) is 24.5 Å². The van der Waals surface area contributed by atoms with Crippen molar-refractivity contribution in [3.63, 3.8) is 0 Å². The van der Waals surface area contributed by atoms with Gasteiger partial charge in [0.05, 0.1) is 0 Å². The fourth-order valence-corrected chi connectivity index (χ4v) is 4.98. The average Bonchev–Trinajstić information content (AvgIpc) is 3.44. The van der Waals surface area contributed by atoms with Gasteiger partial charge in [0.25, 0.3) is 0 Å². The number of nitrogens with zero attached hydrogens (tertiary/aromatic N) is 5. The van der Waals surface area contributed by atoms with E-state index in [1.54, 1.807) is 59.7 Å². The van der Waals surface area contributed by atoms with Crippen LogP contribution in [0.5, 0.6) is 23.0 Å². The summed E-state index contributed by atoms with van der Waals surface area (Å²) in [6, 6.07) is 40.6. The van der Waals surface area contributed by atoms with E-state index in [0.717, 1.165) is 22.5 Å². The molecule has 0 unspecified atom stereocenters. The molecule has 0 aliphatic rings. The minimum Gasteiger partial charge on any atom is -0.503 e. The zero-order chi connectivity index (χ0) is 31.7. The Kier molecular flexibility index (Phi) is 8.88. The first kappa shape index (κ1) is 29.4. The molecular weight excluding hydrogens is 860 g/mol. The minimum atomic E-state index is 0. The number of aromatic nitrogens is 5.